The predicted molar refractivity (Wildman–Crippen MR) is 107 cm³/mol. The van der Waals surface area contributed by atoms with E-state index in [0.717, 1.165) is 12.8 Å². The van der Waals surface area contributed by atoms with E-state index in [-0.39, 0.29) is 30.4 Å². The smallest absolute Gasteiger partial charge is 0.315 e. The van der Waals surface area contributed by atoms with Crippen LogP contribution in [0.25, 0.3) is 0 Å². The van der Waals surface area contributed by atoms with E-state index < -0.39 is 0 Å². The Bertz CT molecular complexity index is 410. The number of halogens is 1. The number of nitrogens with one attached hydrogen (secondary N) is 3. The lowest BCUT2D eigenvalue weighted by molar-refractivity contribution is -0.122. The molecule has 2 rings (SSSR count). The normalized spacial score (nSPS) is 19.9. The lowest BCUT2D eigenvalue weighted by Gasteiger charge is -2.30. The zero-order chi connectivity index (χ0) is 17.9. The average molecular weight is 389 g/mol. The summed E-state index contributed by atoms with van der Waals surface area (Å²) in [5.74, 6) is 0.581. The standard InChI is InChI=1S/C19H36N4O2.ClH/c20-14-17(15-8-3-1-4-9-15)23-18(24)12-7-13-21-19(25)22-16-10-5-2-6-11-16;/h15-17H,1-14,20H2,(H,23,24)(H2,21,22,25);1H. The molecule has 152 valence electrons. The molecule has 0 radical (unpaired) electrons. The molecule has 5 N–H and O–H groups in total. The number of nitrogens with two attached hydrogens (primary N) is 1. The van der Waals surface area contributed by atoms with E-state index in [0.29, 0.717) is 37.9 Å². The van der Waals surface area contributed by atoms with Gasteiger partial charge in [0.15, 0.2) is 0 Å². The molecule has 0 heterocycles. The number of carbonyl (C=O) groups is 2. The number of hydrogen-bond acceptors (Lipinski definition) is 3. The number of amides is 3. The van der Waals surface area contributed by atoms with Gasteiger partial charge in [-0.05, 0) is 38.0 Å². The van der Waals surface area contributed by atoms with Gasteiger partial charge in [-0.1, -0.05) is 38.5 Å². The average Bonchev–Trinajstić information content (AvgIpc) is 2.65. The van der Waals surface area contributed by atoms with Crippen LogP contribution in [0.2, 0.25) is 0 Å². The minimum absolute atomic E-state index is 0. The molecule has 0 aromatic heterocycles. The summed E-state index contributed by atoms with van der Waals surface area (Å²) in [6, 6.07) is 0.322. The van der Waals surface area contributed by atoms with Crippen molar-refractivity contribution in [1.82, 2.24) is 16.0 Å². The van der Waals surface area contributed by atoms with E-state index in [2.05, 4.69) is 16.0 Å². The molecule has 2 aliphatic carbocycles. The van der Waals surface area contributed by atoms with Crippen molar-refractivity contribution < 1.29 is 9.59 Å². The van der Waals surface area contributed by atoms with Crippen LogP contribution in [-0.4, -0.2) is 37.1 Å². The van der Waals surface area contributed by atoms with Gasteiger partial charge in [-0.2, -0.15) is 0 Å². The van der Waals surface area contributed by atoms with Crippen molar-refractivity contribution >= 4 is 24.3 Å². The van der Waals surface area contributed by atoms with Crippen molar-refractivity contribution in [3.05, 3.63) is 0 Å². The minimum atomic E-state index is -0.102. The zero-order valence-electron chi connectivity index (χ0n) is 15.9. The Kier molecular flexibility index (Phi) is 11.7. The maximum Gasteiger partial charge on any atom is 0.315 e. The monoisotopic (exact) mass is 388 g/mol. The second kappa shape index (κ2) is 13.2. The number of urea groups is 1. The molecule has 6 nitrogen and oxygen atoms in total. The molecular weight excluding hydrogens is 352 g/mol. The third-order valence-electron chi connectivity index (χ3n) is 5.63. The molecule has 0 aromatic rings. The molecule has 0 aliphatic heterocycles. The highest BCUT2D eigenvalue weighted by atomic mass is 35.5. The fraction of sp³-hybridized carbons (Fsp3) is 0.895. The van der Waals surface area contributed by atoms with Crippen LogP contribution in [0.1, 0.15) is 77.0 Å². The maximum atomic E-state index is 12.1. The molecule has 2 fully saturated rings. The van der Waals surface area contributed by atoms with Gasteiger partial charge in [0.1, 0.15) is 0 Å². The van der Waals surface area contributed by atoms with Gasteiger partial charge in [-0.25, -0.2) is 4.79 Å². The fourth-order valence-corrected chi connectivity index (χ4v) is 4.12. The Hall–Kier alpha value is -1.01. The lowest BCUT2D eigenvalue weighted by Crippen LogP contribution is -2.46. The Morgan fingerprint density at radius 1 is 0.962 bits per heavy atom. The summed E-state index contributed by atoms with van der Waals surface area (Å²) in [6.07, 6.45) is 13.1. The van der Waals surface area contributed by atoms with Crippen molar-refractivity contribution in [2.24, 2.45) is 11.7 Å². The van der Waals surface area contributed by atoms with Crippen molar-refractivity contribution in [2.75, 3.05) is 13.1 Å². The van der Waals surface area contributed by atoms with E-state index in [4.69, 9.17) is 5.73 Å². The van der Waals surface area contributed by atoms with Gasteiger partial charge in [-0.3, -0.25) is 4.79 Å². The summed E-state index contributed by atoms with van der Waals surface area (Å²) in [4.78, 5) is 24.0. The first-order chi connectivity index (χ1) is 12.2. The Morgan fingerprint density at radius 3 is 2.19 bits per heavy atom. The second-order valence-electron chi connectivity index (χ2n) is 7.65. The summed E-state index contributed by atoms with van der Waals surface area (Å²) in [6.45, 7) is 1.04. The number of carbonyl (C=O) groups excluding carboxylic acids is 2. The van der Waals surface area contributed by atoms with Crippen LogP contribution in [0.5, 0.6) is 0 Å². The van der Waals surface area contributed by atoms with E-state index in [9.17, 15) is 9.59 Å². The van der Waals surface area contributed by atoms with Crippen LogP contribution < -0.4 is 21.7 Å². The molecule has 26 heavy (non-hydrogen) atoms. The molecule has 3 amide bonds. The molecule has 7 heteroatoms. The van der Waals surface area contributed by atoms with Crippen molar-refractivity contribution in [3.63, 3.8) is 0 Å². The van der Waals surface area contributed by atoms with Gasteiger partial charge in [-0.15, -0.1) is 12.4 Å². The van der Waals surface area contributed by atoms with Gasteiger partial charge in [0.05, 0.1) is 0 Å². The highest BCUT2D eigenvalue weighted by Gasteiger charge is 2.23. The first kappa shape index (κ1) is 23.0. The molecule has 2 saturated carbocycles. The second-order valence-corrected chi connectivity index (χ2v) is 7.65. The van der Waals surface area contributed by atoms with Gasteiger partial charge in [0, 0.05) is 31.6 Å². The van der Waals surface area contributed by atoms with E-state index in [1.54, 1.807) is 0 Å². The van der Waals surface area contributed by atoms with Gasteiger partial charge >= 0.3 is 6.03 Å². The van der Waals surface area contributed by atoms with E-state index >= 15 is 0 Å². The predicted octanol–water partition coefficient (Wildman–Crippen LogP) is 2.84. The molecule has 2 aliphatic rings. The summed E-state index contributed by atoms with van der Waals surface area (Å²) < 4.78 is 0. The first-order valence-electron chi connectivity index (χ1n) is 10.2. The van der Waals surface area contributed by atoms with Crippen LogP contribution in [0.15, 0.2) is 0 Å². The largest absolute Gasteiger partial charge is 0.352 e. The van der Waals surface area contributed by atoms with Crippen LogP contribution in [-0.2, 0) is 4.79 Å². The van der Waals surface area contributed by atoms with Crippen molar-refractivity contribution in [2.45, 2.75) is 89.1 Å². The van der Waals surface area contributed by atoms with Gasteiger partial charge in [0.2, 0.25) is 5.91 Å². The van der Waals surface area contributed by atoms with Crippen molar-refractivity contribution in [1.29, 1.82) is 0 Å². The molecule has 0 spiro atoms. The number of rotatable bonds is 8. The molecule has 0 aromatic carbocycles. The highest BCUT2D eigenvalue weighted by molar-refractivity contribution is 5.85. The third kappa shape index (κ3) is 8.58. The number of hydrogen-bond donors (Lipinski definition) is 4. The van der Waals surface area contributed by atoms with Gasteiger partial charge in [0.25, 0.3) is 0 Å². The Labute approximate surface area is 164 Å². The van der Waals surface area contributed by atoms with E-state index in [1.165, 1.54) is 51.4 Å². The third-order valence-corrected chi connectivity index (χ3v) is 5.63. The van der Waals surface area contributed by atoms with Crippen LogP contribution in [0.4, 0.5) is 4.79 Å². The summed E-state index contributed by atoms with van der Waals surface area (Å²) >= 11 is 0. The summed E-state index contributed by atoms with van der Waals surface area (Å²) in [5.41, 5.74) is 5.86. The topological polar surface area (TPSA) is 96.2 Å². The fourth-order valence-electron chi connectivity index (χ4n) is 4.12. The van der Waals surface area contributed by atoms with E-state index in [1.807, 2.05) is 0 Å². The molecular formula is C19H37ClN4O2. The Morgan fingerprint density at radius 2 is 1.58 bits per heavy atom. The molecule has 0 saturated heterocycles. The quantitative estimate of drug-likeness (QED) is 0.481. The molecule has 1 unspecified atom stereocenters. The molecule has 0 bridgehead atoms. The lowest BCUT2D eigenvalue weighted by atomic mass is 9.84. The minimum Gasteiger partial charge on any atom is -0.352 e. The van der Waals surface area contributed by atoms with Crippen LogP contribution in [0.3, 0.4) is 0 Å². The SMILES string of the molecule is Cl.NCC(NC(=O)CCCNC(=O)NC1CCCCC1)C1CCCCC1. The highest BCUT2D eigenvalue weighted by Crippen LogP contribution is 2.26. The van der Waals surface area contributed by atoms with Crippen LogP contribution in [0, 0.1) is 5.92 Å². The maximum absolute atomic E-state index is 12.1. The molecule has 1 atom stereocenters. The summed E-state index contributed by atoms with van der Waals surface area (Å²) in [7, 11) is 0. The zero-order valence-corrected chi connectivity index (χ0v) is 16.8. The van der Waals surface area contributed by atoms with Crippen molar-refractivity contribution in [3.8, 4) is 0 Å². The van der Waals surface area contributed by atoms with Gasteiger partial charge < -0.3 is 21.7 Å². The summed E-state index contributed by atoms with van der Waals surface area (Å²) in [5, 5.41) is 8.98. The Balaban J connectivity index is 0.00000338. The van der Waals surface area contributed by atoms with Crippen LogP contribution >= 0.6 is 12.4 Å². The first-order valence-corrected chi connectivity index (χ1v) is 10.2.